The van der Waals surface area contributed by atoms with E-state index in [2.05, 4.69) is 25.9 Å². The Morgan fingerprint density at radius 1 is 1.11 bits per heavy atom. The minimum absolute atomic E-state index is 0.315. The van der Waals surface area contributed by atoms with Crippen LogP contribution in [0.3, 0.4) is 0 Å². The summed E-state index contributed by atoms with van der Waals surface area (Å²) in [6.07, 6.45) is 0. The summed E-state index contributed by atoms with van der Waals surface area (Å²) in [6, 6.07) is 6.79. The molecule has 1 aromatic heterocycles. The number of nitrogens with one attached hydrogen (secondary N) is 1. The summed E-state index contributed by atoms with van der Waals surface area (Å²) in [5.41, 5.74) is 1.56. The van der Waals surface area contributed by atoms with Gasteiger partial charge < -0.3 is 10.1 Å². The lowest BCUT2D eigenvalue weighted by Gasteiger charge is -1.98. The van der Waals surface area contributed by atoms with Crippen LogP contribution in [0.15, 0.2) is 34.8 Å². The maximum atomic E-state index is 13.4. The topological polar surface area (TPSA) is 48.9 Å². The highest BCUT2D eigenvalue weighted by atomic mass is 79.9. The molecule has 0 amide bonds. The van der Waals surface area contributed by atoms with Crippen LogP contribution < -0.4 is 0 Å². The van der Waals surface area contributed by atoms with E-state index in [-0.39, 0.29) is 0 Å². The van der Waals surface area contributed by atoms with Gasteiger partial charge in [0.05, 0.1) is 15.5 Å². The van der Waals surface area contributed by atoms with Gasteiger partial charge in [0, 0.05) is 11.6 Å². The molecule has 0 aliphatic heterocycles. The van der Waals surface area contributed by atoms with Gasteiger partial charge in [-0.05, 0) is 40.2 Å². The van der Waals surface area contributed by atoms with Gasteiger partial charge in [-0.25, -0.2) is 13.8 Å². The normalized spacial score (nSPS) is 11.1. The zero-order valence-electron chi connectivity index (χ0n) is 9.42. The van der Waals surface area contributed by atoms with Gasteiger partial charge in [-0.3, -0.25) is 0 Å². The minimum Gasteiger partial charge on any atom is -0.505 e. The summed E-state index contributed by atoms with van der Waals surface area (Å²) >= 11 is 3.08. The van der Waals surface area contributed by atoms with E-state index in [4.69, 9.17) is 5.11 Å². The Kier molecular flexibility index (Phi) is 2.74. The van der Waals surface area contributed by atoms with Crippen LogP contribution in [0.2, 0.25) is 0 Å². The van der Waals surface area contributed by atoms with E-state index in [1.54, 1.807) is 6.07 Å². The lowest BCUT2D eigenvalue weighted by Crippen LogP contribution is -1.83. The average molecular weight is 325 g/mol. The molecule has 0 unspecified atom stereocenters. The Bertz CT molecular complexity index is 747. The van der Waals surface area contributed by atoms with Crippen molar-refractivity contribution in [2.75, 3.05) is 0 Å². The molecule has 3 nitrogen and oxygen atoms in total. The second-order valence-corrected chi connectivity index (χ2v) is 4.89. The zero-order chi connectivity index (χ0) is 13.6. The van der Waals surface area contributed by atoms with Gasteiger partial charge in [0.1, 0.15) is 11.6 Å². The zero-order valence-corrected chi connectivity index (χ0v) is 11.0. The smallest absolute Gasteiger partial charge is 0.165 e. The van der Waals surface area contributed by atoms with E-state index in [0.29, 0.717) is 26.9 Å². The van der Waals surface area contributed by atoms with Crippen molar-refractivity contribution in [1.82, 2.24) is 9.97 Å². The number of hydrogen-bond acceptors (Lipinski definition) is 2. The van der Waals surface area contributed by atoms with Crippen molar-refractivity contribution < 1.29 is 13.9 Å². The molecule has 2 N–H and O–H groups in total. The highest BCUT2D eigenvalue weighted by Gasteiger charge is 2.10. The van der Waals surface area contributed by atoms with Crippen LogP contribution in [0.25, 0.3) is 22.4 Å². The molecular formula is C13H7BrF2N2O. The number of H-pyrrole nitrogens is 1. The summed E-state index contributed by atoms with van der Waals surface area (Å²) < 4.78 is 27.0. The number of rotatable bonds is 1. The third-order valence-corrected chi connectivity index (χ3v) is 3.35. The minimum atomic E-state index is -0.731. The lowest BCUT2D eigenvalue weighted by atomic mass is 10.2. The number of benzene rings is 2. The Morgan fingerprint density at radius 2 is 1.89 bits per heavy atom. The molecule has 3 rings (SSSR count). The van der Waals surface area contributed by atoms with Crippen molar-refractivity contribution in [1.29, 1.82) is 0 Å². The largest absolute Gasteiger partial charge is 0.505 e. The summed E-state index contributed by atoms with van der Waals surface area (Å²) in [5.74, 6) is -1.15. The predicted molar refractivity (Wildman–Crippen MR) is 70.8 cm³/mol. The first-order valence-electron chi connectivity index (χ1n) is 5.38. The van der Waals surface area contributed by atoms with E-state index in [0.717, 1.165) is 0 Å². The van der Waals surface area contributed by atoms with E-state index in [1.165, 1.54) is 24.3 Å². The number of fused-ring (bicyclic) bond motifs is 1. The molecule has 3 aromatic rings. The Hall–Kier alpha value is -1.95. The van der Waals surface area contributed by atoms with Crippen LogP contribution >= 0.6 is 15.9 Å². The predicted octanol–water partition coefficient (Wildman–Crippen LogP) is 3.98. The Balaban J connectivity index is 2.17. The number of halogens is 3. The maximum absolute atomic E-state index is 13.4. The third kappa shape index (κ3) is 2.08. The molecule has 0 radical (unpaired) electrons. The molecule has 0 bridgehead atoms. The number of nitrogens with zero attached hydrogens (tertiary/aromatic N) is 1. The van der Waals surface area contributed by atoms with Gasteiger partial charge in [0.2, 0.25) is 0 Å². The van der Waals surface area contributed by atoms with Crippen molar-refractivity contribution in [3.63, 3.8) is 0 Å². The van der Waals surface area contributed by atoms with E-state index in [1.807, 2.05) is 0 Å². The first-order chi connectivity index (χ1) is 9.04. The van der Waals surface area contributed by atoms with Gasteiger partial charge in [-0.2, -0.15) is 0 Å². The molecule has 0 saturated heterocycles. The fourth-order valence-corrected chi connectivity index (χ4v) is 2.13. The van der Waals surface area contributed by atoms with E-state index in [9.17, 15) is 8.78 Å². The fraction of sp³-hybridized carbons (Fsp3) is 0. The number of imidazole rings is 1. The summed E-state index contributed by atoms with van der Waals surface area (Å²) in [7, 11) is 0. The molecular weight excluding hydrogens is 318 g/mol. The van der Waals surface area contributed by atoms with Crippen LogP contribution in [0.4, 0.5) is 8.78 Å². The number of hydrogen-bond donors (Lipinski definition) is 2. The molecule has 0 aliphatic carbocycles. The molecule has 1 heterocycles. The Morgan fingerprint density at radius 3 is 2.63 bits per heavy atom. The molecule has 0 saturated carbocycles. The first kappa shape index (κ1) is 12.1. The molecule has 0 spiro atoms. The second kappa shape index (κ2) is 4.31. The number of phenols is 1. The van der Waals surface area contributed by atoms with Gasteiger partial charge >= 0.3 is 0 Å². The van der Waals surface area contributed by atoms with Crippen molar-refractivity contribution in [2.24, 2.45) is 0 Å². The van der Waals surface area contributed by atoms with E-state index < -0.39 is 17.4 Å². The van der Waals surface area contributed by atoms with Crippen molar-refractivity contribution in [3.05, 3.63) is 46.4 Å². The van der Waals surface area contributed by atoms with E-state index >= 15 is 0 Å². The van der Waals surface area contributed by atoms with Crippen LogP contribution in [0.1, 0.15) is 0 Å². The van der Waals surface area contributed by atoms with Gasteiger partial charge in [-0.1, -0.05) is 0 Å². The monoisotopic (exact) mass is 324 g/mol. The first-order valence-corrected chi connectivity index (χ1v) is 6.17. The van der Waals surface area contributed by atoms with Crippen molar-refractivity contribution in [2.45, 2.75) is 0 Å². The second-order valence-electron chi connectivity index (χ2n) is 4.04. The van der Waals surface area contributed by atoms with Gasteiger partial charge in [0.25, 0.3) is 0 Å². The summed E-state index contributed by atoms with van der Waals surface area (Å²) in [6.45, 7) is 0. The molecule has 0 fully saturated rings. The van der Waals surface area contributed by atoms with Crippen molar-refractivity contribution >= 4 is 27.0 Å². The fourth-order valence-electron chi connectivity index (χ4n) is 1.80. The Labute approximate surface area is 115 Å². The molecule has 0 aliphatic rings. The number of aromatic nitrogens is 2. The molecule has 0 atom stereocenters. The SMILES string of the molecule is Oc1ccc(-c2nc3cc(Br)c(F)cc3[nH]2)cc1F. The third-order valence-electron chi connectivity index (χ3n) is 2.75. The molecule has 19 heavy (non-hydrogen) atoms. The van der Waals surface area contributed by atoms with Gasteiger partial charge in [0.15, 0.2) is 11.6 Å². The molecule has 6 heteroatoms. The highest BCUT2D eigenvalue weighted by Crippen LogP contribution is 2.27. The quantitative estimate of drug-likeness (QED) is 0.711. The van der Waals surface area contributed by atoms with Crippen LogP contribution in [0, 0.1) is 11.6 Å². The summed E-state index contributed by atoms with van der Waals surface area (Å²) in [4.78, 5) is 7.16. The van der Waals surface area contributed by atoms with Gasteiger partial charge in [-0.15, -0.1) is 0 Å². The lowest BCUT2D eigenvalue weighted by molar-refractivity contribution is 0.432. The number of aromatic amines is 1. The maximum Gasteiger partial charge on any atom is 0.165 e. The number of aromatic hydroxyl groups is 1. The van der Waals surface area contributed by atoms with Crippen molar-refractivity contribution in [3.8, 4) is 17.1 Å². The average Bonchev–Trinajstić information content (AvgIpc) is 2.76. The van der Waals surface area contributed by atoms with Crippen LogP contribution in [0.5, 0.6) is 5.75 Å². The standard InChI is InChI=1S/C13H7BrF2N2O/c14-7-4-10-11(5-8(7)15)18-13(17-10)6-1-2-12(19)9(16)3-6/h1-5,19H,(H,17,18). The molecule has 96 valence electrons. The number of phenolic OH excluding ortho intramolecular Hbond substituents is 1. The van der Waals surface area contributed by atoms with Crippen LogP contribution in [-0.4, -0.2) is 15.1 Å². The van der Waals surface area contributed by atoms with Crippen LogP contribution in [-0.2, 0) is 0 Å². The summed E-state index contributed by atoms with van der Waals surface area (Å²) in [5, 5.41) is 9.14. The molecule has 2 aromatic carbocycles. The highest BCUT2D eigenvalue weighted by molar-refractivity contribution is 9.10.